The fourth-order valence-electron chi connectivity index (χ4n) is 0.725. The van der Waals surface area contributed by atoms with Crippen LogP contribution >= 0.6 is 0 Å². The molecule has 0 heterocycles. The van der Waals surface area contributed by atoms with Crippen LogP contribution in [0.25, 0.3) is 0 Å². The second-order valence-corrected chi connectivity index (χ2v) is 2.49. The van der Waals surface area contributed by atoms with E-state index >= 15 is 0 Å². The van der Waals surface area contributed by atoms with Crippen LogP contribution in [0.15, 0.2) is 0 Å². The first-order valence-electron chi connectivity index (χ1n) is 4.04. The fourth-order valence-corrected chi connectivity index (χ4v) is 0.725. The van der Waals surface area contributed by atoms with E-state index in [0.29, 0.717) is 6.42 Å². The van der Waals surface area contributed by atoms with E-state index in [1.807, 2.05) is 0 Å². The third kappa shape index (κ3) is 7.27. The van der Waals surface area contributed by atoms with E-state index in [-0.39, 0.29) is 13.0 Å². The van der Waals surface area contributed by atoms with Gasteiger partial charge in [0.1, 0.15) is 0 Å². The van der Waals surface area contributed by atoms with Crippen LogP contribution in [0.3, 0.4) is 0 Å². The molecule has 0 spiro atoms. The summed E-state index contributed by atoms with van der Waals surface area (Å²) >= 11 is 0. The highest BCUT2D eigenvalue weighted by molar-refractivity contribution is 5.70. The highest BCUT2D eigenvalue weighted by Crippen LogP contribution is 1.99. The number of carbonyl (C=O) groups is 2. The van der Waals surface area contributed by atoms with Gasteiger partial charge < -0.3 is 14.6 Å². The highest BCUT2D eigenvalue weighted by Gasteiger charge is 2.10. The van der Waals surface area contributed by atoms with Gasteiger partial charge in [-0.05, 0) is 6.42 Å². The Hall–Kier alpha value is -1.10. The lowest BCUT2D eigenvalue weighted by Gasteiger charge is -2.12. The van der Waals surface area contributed by atoms with E-state index in [4.69, 9.17) is 5.11 Å². The molecule has 5 heteroatoms. The molecule has 0 saturated carbocycles. The predicted octanol–water partition coefficient (Wildman–Crippen LogP) is 0.211. The molecule has 0 rings (SSSR count). The molecule has 0 radical (unpaired) electrons. The van der Waals surface area contributed by atoms with Gasteiger partial charge in [-0.2, -0.15) is 0 Å². The zero-order valence-corrected chi connectivity index (χ0v) is 7.78. The third-order valence-electron chi connectivity index (χ3n) is 1.17. The zero-order valence-electron chi connectivity index (χ0n) is 7.78. The first-order chi connectivity index (χ1) is 6.06. The summed E-state index contributed by atoms with van der Waals surface area (Å²) < 4.78 is 9.23. The van der Waals surface area contributed by atoms with Crippen LogP contribution in [0.4, 0.5) is 0 Å². The molecule has 0 amide bonds. The Morgan fingerprint density at radius 1 is 1.38 bits per heavy atom. The Labute approximate surface area is 76.6 Å². The van der Waals surface area contributed by atoms with Crippen molar-refractivity contribution in [2.75, 3.05) is 6.61 Å². The lowest BCUT2D eigenvalue weighted by molar-refractivity contribution is -0.183. The summed E-state index contributed by atoms with van der Waals surface area (Å²) in [5, 5.41) is 8.40. The lowest BCUT2D eigenvalue weighted by atomic mass is 10.3. The molecule has 13 heavy (non-hydrogen) atoms. The van der Waals surface area contributed by atoms with E-state index in [9.17, 15) is 9.59 Å². The predicted molar refractivity (Wildman–Crippen MR) is 43.6 cm³/mol. The fraction of sp³-hybridized carbons (Fsp3) is 0.750. The summed E-state index contributed by atoms with van der Waals surface area (Å²) in [6.07, 6.45) is -0.378. The number of ether oxygens (including phenoxy) is 2. The summed E-state index contributed by atoms with van der Waals surface area (Å²) in [7, 11) is 0. The van der Waals surface area contributed by atoms with Gasteiger partial charge in [0.2, 0.25) is 6.29 Å². The molecule has 0 aliphatic rings. The van der Waals surface area contributed by atoms with Crippen molar-refractivity contribution in [3.8, 4) is 0 Å². The topological polar surface area (TPSA) is 72.8 Å². The van der Waals surface area contributed by atoms with Gasteiger partial charge >= 0.3 is 11.9 Å². The maximum Gasteiger partial charge on any atom is 0.308 e. The van der Waals surface area contributed by atoms with E-state index in [1.165, 1.54) is 13.8 Å². The van der Waals surface area contributed by atoms with Gasteiger partial charge in [-0.1, -0.05) is 0 Å². The van der Waals surface area contributed by atoms with Gasteiger partial charge in [0, 0.05) is 26.9 Å². The normalized spacial score (nSPS) is 11.9. The van der Waals surface area contributed by atoms with E-state index in [2.05, 4.69) is 9.47 Å². The zero-order chi connectivity index (χ0) is 10.3. The average molecular weight is 190 g/mol. The summed E-state index contributed by atoms with van der Waals surface area (Å²) in [6.45, 7) is 2.63. The van der Waals surface area contributed by atoms with E-state index in [0.717, 1.165) is 0 Å². The van der Waals surface area contributed by atoms with Crippen molar-refractivity contribution in [3.63, 3.8) is 0 Å². The molecule has 0 aromatic carbocycles. The molecule has 76 valence electrons. The Balaban J connectivity index is 3.59. The van der Waals surface area contributed by atoms with Gasteiger partial charge in [-0.15, -0.1) is 0 Å². The van der Waals surface area contributed by atoms with Crippen molar-refractivity contribution in [2.24, 2.45) is 0 Å². The second kappa shape index (κ2) is 6.42. The van der Waals surface area contributed by atoms with Gasteiger partial charge in [-0.25, -0.2) is 0 Å². The molecule has 0 aromatic rings. The number of carbonyl (C=O) groups excluding carboxylic acids is 2. The Morgan fingerprint density at radius 2 is 2.00 bits per heavy atom. The number of aliphatic hydroxyl groups excluding tert-OH is 1. The second-order valence-electron chi connectivity index (χ2n) is 2.49. The SMILES string of the molecule is CC(=O)OC(C)OC(=O)CCCO. The summed E-state index contributed by atoms with van der Waals surface area (Å²) in [5.74, 6) is -0.981. The monoisotopic (exact) mass is 190 g/mol. The highest BCUT2D eigenvalue weighted by atomic mass is 16.7. The number of esters is 2. The number of hydrogen-bond donors (Lipinski definition) is 1. The van der Waals surface area contributed by atoms with Crippen molar-refractivity contribution >= 4 is 11.9 Å². The van der Waals surface area contributed by atoms with Crippen molar-refractivity contribution in [2.45, 2.75) is 33.0 Å². The molecule has 5 nitrogen and oxygen atoms in total. The molecule has 0 aromatic heterocycles. The minimum Gasteiger partial charge on any atom is -0.426 e. The van der Waals surface area contributed by atoms with Crippen LogP contribution in [-0.4, -0.2) is 29.9 Å². The van der Waals surface area contributed by atoms with Crippen LogP contribution in [0.2, 0.25) is 0 Å². The Kier molecular flexibility index (Phi) is 5.88. The molecule has 0 fully saturated rings. The van der Waals surface area contributed by atoms with Crippen LogP contribution < -0.4 is 0 Å². The number of rotatable bonds is 5. The molecule has 1 N–H and O–H groups in total. The third-order valence-corrected chi connectivity index (χ3v) is 1.17. The number of hydrogen-bond acceptors (Lipinski definition) is 5. The van der Waals surface area contributed by atoms with Crippen LogP contribution in [0.1, 0.15) is 26.7 Å². The molecule has 1 atom stereocenters. The lowest BCUT2D eigenvalue weighted by Crippen LogP contribution is -2.20. The van der Waals surface area contributed by atoms with E-state index < -0.39 is 18.2 Å². The smallest absolute Gasteiger partial charge is 0.308 e. The molecule has 1 unspecified atom stereocenters. The first-order valence-corrected chi connectivity index (χ1v) is 4.04. The molecular weight excluding hydrogens is 176 g/mol. The van der Waals surface area contributed by atoms with Gasteiger partial charge in [-0.3, -0.25) is 9.59 Å². The maximum atomic E-state index is 10.9. The molecule has 0 bridgehead atoms. The van der Waals surface area contributed by atoms with Gasteiger partial charge in [0.15, 0.2) is 0 Å². The van der Waals surface area contributed by atoms with Crippen molar-refractivity contribution in [1.29, 1.82) is 0 Å². The Morgan fingerprint density at radius 3 is 2.46 bits per heavy atom. The van der Waals surface area contributed by atoms with Crippen LogP contribution in [0.5, 0.6) is 0 Å². The van der Waals surface area contributed by atoms with Crippen molar-refractivity contribution in [1.82, 2.24) is 0 Å². The van der Waals surface area contributed by atoms with Gasteiger partial charge in [0.05, 0.1) is 0 Å². The molecular formula is C8H14O5. The Bertz CT molecular complexity index is 177. The number of aliphatic hydroxyl groups is 1. The minimum absolute atomic E-state index is 0.0585. The molecule has 0 saturated heterocycles. The molecule has 0 aliphatic heterocycles. The maximum absolute atomic E-state index is 10.9. The summed E-state index contributed by atoms with van der Waals surface area (Å²) in [4.78, 5) is 21.3. The minimum atomic E-state index is -0.858. The molecule has 0 aliphatic carbocycles. The van der Waals surface area contributed by atoms with Crippen LogP contribution in [0, 0.1) is 0 Å². The standard InChI is InChI=1S/C8H14O5/c1-6(10)12-7(2)13-8(11)4-3-5-9/h7,9H,3-5H2,1-2H3. The summed E-state index contributed by atoms with van der Waals surface area (Å²) in [6, 6.07) is 0. The van der Waals surface area contributed by atoms with Gasteiger partial charge in [0.25, 0.3) is 0 Å². The largest absolute Gasteiger partial charge is 0.426 e. The van der Waals surface area contributed by atoms with Crippen LogP contribution in [-0.2, 0) is 19.1 Å². The average Bonchev–Trinajstić information content (AvgIpc) is 1.98. The van der Waals surface area contributed by atoms with E-state index in [1.54, 1.807) is 0 Å². The van der Waals surface area contributed by atoms with Crippen molar-refractivity contribution in [3.05, 3.63) is 0 Å². The first kappa shape index (κ1) is 11.9. The summed E-state index contributed by atoms with van der Waals surface area (Å²) in [5.41, 5.74) is 0. The van der Waals surface area contributed by atoms with Crippen molar-refractivity contribution < 1.29 is 24.2 Å². The quantitative estimate of drug-likeness (QED) is 0.495.